The number of benzene rings is 3. The van der Waals surface area contributed by atoms with E-state index in [0.29, 0.717) is 29.7 Å². The monoisotopic (exact) mass is 506 g/mol. The largest absolute Gasteiger partial charge is 0.481 e. The van der Waals surface area contributed by atoms with Crippen molar-refractivity contribution in [2.75, 3.05) is 0 Å². The van der Waals surface area contributed by atoms with Crippen LogP contribution >= 0.6 is 0 Å². The minimum Gasteiger partial charge on any atom is -0.481 e. The summed E-state index contributed by atoms with van der Waals surface area (Å²) in [4.78, 5) is 21.4. The fourth-order valence-electron chi connectivity index (χ4n) is 4.64. The highest BCUT2D eigenvalue weighted by molar-refractivity contribution is 5.76. The van der Waals surface area contributed by atoms with E-state index >= 15 is 0 Å². The molecule has 2 aromatic heterocycles. The van der Waals surface area contributed by atoms with Gasteiger partial charge in [0.1, 0.15) is 17.4 Å². The summed E-state index contributed by atoms with van der Waals surface area (Å²) >= 11 is 0. The first-order chi connectivity index (χ1) is 18.5. The van der Waals surface area contributed by atoms with Crippen LogP contribution in [0.3, 0.4) is 0 Å². The molecule has 0 aliphatic rings. The van der Waals surface area contributed by atoms with Gasteiger partial charge in [-0.2, -0.15) is 0 Å². The summed E-state index contributed by atoms with van der Waals surface area (Å²) < 4.78 is 11.7. The number of carbonyl (C=O) groups is 1. The fraction of sp³-hybridized carbons (Fsp3) is 0.219. The fourth-order valence-corrected chi connectivity index (χ4v) is 4.64. The summed E-state index contributed by atoms with van der Waals surface area (Å²) in [6, 6.07) is 27.6. The van der Waals surface area contributed by atoms with Crippen LogP contribution in [0.5, 0.6) is 0 Å². The number of oxazole rings is 2. The van der Waals surface area contributed by atoms with Crippen molar-refractivity contribution in [2.45, 2.75) is 45.4 Å². The second-order valence-electron chi connectivity index (χ2n) is 9.48. The molecule has 192 valence electrons. The number of carboxylic acids is 1. The number of aliphatic carboxylic acids is 1. The van der Waals surface area contributed by atoms with Gasteiger partial charge >= 0.3 is 5.97 Å². The maximum atomic E-state index is 12.2. The summed E-state index contributed by atoms with van der Waals surface area (Å²) in [5.41, 5.74) is 5.42. The van der Waals surface area contributed by atoms with Gasteiger partial charge in [-0.05, 0) is 74.9 Å². The van der Waals surface area contributed by atoms with E-state index in [0.717, 1.165) is 47.4 Å². The maximum absolute atomic E-state index is 12.2. The maximum Gasteiger partial charge on any atom is 0.313 e. The lowest BCUT2D eigenvalue weighted by Gasteiger charge is -2.11. The van der Waals surface area contributed by atoms with Crippen molar-refractivity contribution in [3.8, 4) is 22.9 Å². The molecule has 0 aliphatic carbocycles. The minimum absolute atomic E-state index is 0.345. The van der Waals surface area contributed by atoms with Gasteiger partial charge in [0.25, 0.3) is 0 Å². The van der Waals surface area contributed by atoms with Crippen molar-refractivity contribution in [1.82, 2.24) is 9.97 Å². The average Bonchev–Trinajstić information content (AvgIpc) is 3.51. The summed E-state index contributed by atoms with van der Waals surface area (Å²) in [7, 11) is 0. The Morgan fingerprint density at radius 1 is 0.737 bits per heavy atom. The standard InChI is InChI=1S/C32H30N2O4/c1-21-28(33-30(37-21)25-11-5-3-6-12-25)15-9-10-23-16-18-24(19-17-23)20-27(32(35)36)29-22(2)38-31(34-29)26-13-7-4-8-14-26/h3-8,11-14,16-19,27H,9-10,15,20H2,1-2H3,(H,35,36). The van der Waals surface area contributed by atoms with Gasteiger partial charge in [0.2, 0.25) is 11.8 Å². The smallest absolute Gasteiger partial charge is 0.313 e. The number of hydrogen-bond donors (Lipinski definition) is 1. The molecule has 3 aromatic carbocycles. The lowest BCUT2D eigenvalue weighted by atomic mass is 9.94. The Hall–Kier alpha value is -4.45. The predicted molar refractivity (Wildman–Crippen MR) is 146 cm³/mol. The molecule has 0 radical (unpaired) electrons. The van der Waals surface area contributed by atoms with Crippen LogP contribution in [0.4, 0.5) is 0 Å². The van der Waals surface area contributed by atoms with Gasteiger partial charge in [-0.15, -0.1) is 0 Å². The summed E-state index contributed by atoms with van der Waals surface area (Å²) in [6.07, 6.45) is 3.02. The zero-order valence-electron chi connectivity index (χ0n) is 21.6. The third-order valence-corrected chi connectivity index (χ3v) is 6.74. The van der Waals surface area contributed by atoms with Gasteiger partial charge in [-0.25, -0.2) is 9.97 Å². The molecule has 6 nitrogen and oxygen atoms in total. The van der Waals surface area contributed by atoms with Crippen molar-refractivity contribution in [3.05, 3.63) is 119 Å². The number of aromatic nitrogens is 2. The van der Waals surface area contributed by atoms with E-state index in [-0.39, 0.29) is 0 Å². The van der Waals surface area contributed by atoms with Crippen LogP contribution in [0.15, 0.2) is 93.8 Å². The third-order valence-electron chi connectivity index (χ3n) is 6.74. The molecule has 0 spiro atoms. The van der Waals surface area contributed by atoms with Crippen molar-refractivity contribution in [3.63, 3.8) is 0 Å². The van der Waals surface area contributed by atoms with Crippen molar-refractivity contribution in [2.24, 2.45) is 0 Å². The van der Waals surface area contributed by atoms with Crippen molar-refractivity contribution in [1.29, 1.82) is 0 Å². The average molecular weight is 507 g/mol. The number of rotatable bonds is 10. The number of carboxylic acid groups (broad SMARTS) is 1. The van der Waals surface area contributed by atoms with Gasteiger partial charge in [0.15, 0.2) is 0 Å². The molecule has 5 aromatic rings. The molecule has 2 heterocycles. The predicted octanol–water partition coefficient (Wildman–Crippen LogP) is 7.20. The lowest BCUT2D eigenvalue weighted by molar-refractivity contribution is -0.138. The molecule has 0 fully saturated rings. The second kappa shape index (κ2) is 11.3. The van der Waals surface area contributed by atoms with Gasteiger partial charge in [-0.3, -0.25) is 4.79 Å². The molecule has 1 unspecified atom stereocenters. The summed E-state index contributed by atoms with van der Waals surface area (Å²) in [6.45, 7) is 3.73. The molecular formula is C32H30N2O4. The first-order valence-electron chi connectivity index (χ1n) is 12.8. The van der Waals surface area contributed by atoms with E-state index in [1.165, 1.54) is 5.56 Å². The first kappa shape index (κ1) is 25.2. The molecule has 0 amide bonds. The van der Waals surface area contributed by atoms with Gasteiger partial charge < -0.3 is 13.9 Å². The molecule has 6 heteroatoms. The highest BCUT2D eigenvalue weighted by Crippen LogP contribution is 2.29. The Morgan fingerprint density at radius 2 is 1.29 bits per heavy atom. The summed E-state index contributed by atoms with van der Waals surface area (Å²) in [5.74, 6) is 0.800. The molecule has 5 rings (SSSR count). The number of hydrogen-bond acceptors (Lipinski definition) is 5. The number of aryl methyl sites for hydroxylation is 4. The third kappa shape index (κ3) is 5.75. The Morgan fingerprint density at radius 3 is 1.89 bits per heavy atom. The van der Waals surface area contributed by atoms with E-state index in [1.54, 1.807) is 6.92 Å². The van der Waals surface area contributed by atoms with Crippen LogP contribution in [-0.2, 0) is 24.1 Å². The Labute approximate surface area is 222 Å². The van der Waals surface area contributed by atoms with Gasteiger partial charge in [-0.1, -0.05) is 60.7 Å². The topological polar surface area (TPSA) is 89.4 Å². The molecule has 1 atom stereocenters. The van der Waals surface area contributed by atoms with Crippen LogP contribution in [0, 0.1) is 13.8 Å². The van der Waals surface area contributed by atoms with Gasteiger partial charge in [0, 0.05) is 11.1 Å². The number of nitrogens with zero attached hydrogens (tertiary/aromatic N) is 2. The molecule has 0 aliphatic heterocycles. The van der Waals surface area contributed by atoms with E-state index in [9.17, 15) is 9.90 Å². The van der Waals surface area contributed by atoms with Crippen LogP contribution in [0.2, 0.25) is 0 Å². The normalized spacial score (nSPS) is 11.9. The molecule has 1 N–H and O–H groups in total. The Bertz CT molecular complexity index is 1500. The highest BCUT2D eigenvalue weighted by Gasteiger charge is 2.27. The van der Waals surface area contributed by atoms with E-state index in [4.69, 9.17) is 13.8 Å². The molecular weight excluding hydrogens is 476 g/mol. The second-order valence-corrected chi connectivity index (χ2v) is 9.48. The Balaban J connectivity index is 1.21. The SMILES string of the molecule is Cc1oc(-c2ccccc2)nc1CCCc1ccc(CC(C(=O)O)c2nc(-c3ccccc3)oc2C)cc1. The van der Waals surface area contributed by atoms with Crippen molar-refractivity contribution >= 4 is 5.97 Å². The van der Waals surface area contributed by atoms with Crippen LogP contribution in [-0.4, -0.2) is 21.0 Å². The molecule has 0 saturated carbocycles. The molecule has 0 bridgehead atoms. The van der Waals surface area contributed by atoms with Crippen LogP contribution in [0.1, 0.15) is 46.4 Å². The van der Waals surface area contributed by atoms with Crippen molar-refractivity contribution < 1.29 is 18.7 Å². The first-order valence-corrected chi connectivity index (χ1v) is 12.8. The molecule has 38 heavy (non-hydrogen) atoms. The van der Waals surface area contributed by atoms with E-state index in [2.05, 4.69) is 17.1 Å². The Kier molecular flexibility index (Phi) is 7.50. The quantitative estimate of drug-likeness (QED) is 0.215. The van der Waals surface area contributed by atoms with Crippen LogP contribution in [0.25, 0.3) is 22.9 Å². The van der Waals surface area contributed by atoms with Crippen LogP contribution < -0.4 is 0 Å². The molecule has 0 saturated heterocycles. The lowest BCUT2D eigenvalue weighted by Crippen LogP contribution is -2.16. The highest BCUT2D eigenvalue weighted by atomic mass is 16.4. The zero-order valence-corrected chi connectivity index (χ0v) is 21.6. The zero-order chi connectivity index (χ0) is 26.5. The van der Waals surface area contributed by atoms with E-state index in [1.807, 2.05) is 79.7 Å². The summed E-state index contributed by atoms with van der Waals surface area (Å²) in [5, 5.41) is 9.97. The minimum atomic E-state index is -0.914. The van der Waals surface area contributed by atoms with Gasteiger partial charge in [0.05, 0.1) is 11.4 Å². The van der Waals surface area contributed by atoms with E-state index < -0.39 is 11.9 Å².